The van der Waals surface area contributed by atoms with E-state index < -0.39 is 6.10 Å². The van der Waals surface area contributed by atoms with Gasteiger partial charge in [0.1, 0.15) is 0 Å². The van der Waals surface area contributed by atoms with E-state index in [1.165, 1.54) is 5.37 Å². The van der Waals surface area contributed by atoms with Crippen LogP contribution >= 0.6 is 12.2 Å². The van der Waals surface area contributed by atoms with Crippen LogP contribution in [-0.4, -0.2) is 52.6 Å². The fourth-order valence-corrected chi connectivity index (χ4v) is 0.690. The molecule has 0 saturated carbocycles. The smallest absolute Gasteiger partial charge is 0.0895 e. The summed E-state index contributed by atoms with van der Waals surface area (Å²) in [7, 11) is 0. The molecule has 0 radical (unpaired) electrons. The second-order valence-corrected chi connectivity index (χ2v) is 2.44. The van der Waals surface area contributed by atoms with Gasteiger partial charge in [0.25, 0.3) is 0 Å². The van der Waals surface area contributed by atoms with Gasteiger partial charge in [-0.1, -0.05) is 12.2 Å². The van der Waals surface area contributed by atoms with Gasteiger partial charge in [-0.05, 0) is 5.37 Å². The van der Waals surface area contributed by atoms with Crippen LogP contribution in [0.3, 0.4) is 0 Å². The minimum absolute atomic E-state index is 0.0956. The summed E-state index contributed by atoms with van der Waals surface area (Å²) in [5.74, 6) is 0. The van der Waals surface area contributed by atoms with Crippen molar-refractivity contribution in [3.05, 3.63) is 0 Å². The van der Waals surface area contributed by atoms with E-state index in [0.717, 1.165) is 0 Å². The normalized spacial score (nSPS) is 15.9. The Kier molecular flexibility index (Phi) is 6.59. The summed E-state index contributed by atoms with van der Waals surface area (Å²) < 4.78 is 0. The lowest BCUT2D eigenvalue weighted by Gasteiger charge is -2.13. The Morgan fingerprint density at radius 1 is 1.36 bits per heavy atom. The molecule has 1 unspecified atom stereocenters. The number of rotatable bonds is 6. The molecule has 0 aliphatic rings. The molecular formula is C6H13NO3S. The van der Waals surface area contributed by atoms with Gasteiger partial charge in [0.15, 0.2) is 0 Å². The zero-order valence-electron chi connectivity index (χ0n) is 6.10. The van der Waals surface area contributed by atoms with E-state index >= 15 is 0 Å². The second kappa shape index (κ2) is 6.63. The highest BCUT2D eigenvalue weighted by Gasteiger charge is 2.05. The highest BCUT2D eigenvalue weighted by molar-refractivity contribution is 7.79. The molecular weight excluding hydrogens is 166 g/mol. The maximum atomic E-state index is 8.86. The Balaban J connectivity index is 3.41. The van der Waals surface area contributed by atoms with Crippen LogP contribution < -0.4 is 5.32 Å². The highest BCUT2D eigenvalue weighted by atomic mass is 32.1. The molecule has 0 aromatic heterocycles. The third-order valence-corrected chi connectivity index (χ3v) is 1.52. The van der Waals surface area contributed by atoms with Crippen molar-refractivity contribution < 1.29 is 15.3 Å². The molecule has 0 heterocycles. The molecule has 0 rings (SSSR count). The van der Waals surface area contributed by atoms with Crippen molar-refractivity contribution in [2.45, 2.75) is 12.1 Å². The quantitative estimate of drug-likeness (QED) is 0.365. The summed E-state index contributed by atoms with van der Waals surface area (Å²) in [6.07, 6.45) is -0.793. The van der Waals surface area contributed by atoms with E-state index in [1.54, 1.807) is 0 Å². The van der Waals surface area contributed by atoms with Gasteiger partial charge in [-0.2, -0.15) is 0 Å². The van der Waals surface area contributed by atoms with E-state index in [9.17, 15) is 0 Å². The molecule has 0 fully saturated rings. The van der Waals surface area contributed by atoms with Crippen LogP contribution in [0.2, 0.25) is 0 Å². The monoisotopic (exact) mass is 179 g/mol. The molecule has 0 bridgehead atoms. The van der Waals surface area contributed by atoms with E-state index in [2.05, 4.69) is 17.5 Å². The Morgan fingerprint density at radius 2 is 2.00 bits per heavy atom. The number of aliphatic hydroxyl groups excluding tert-OH is 3. The Bertz CT molecular complexity index is 112. The largest absolute Gasteiger partial charge is 0.394 e. The average Bonchev–Trinajstić information content (AvgIpc) is 2.06. The summed E-state index contributed by atoms with van der Waals surface area (Å²) in [5, 5.41) is 30.0. The van der Waals surface area contributed by atoms with Gasteiger partial charge in [-0.25, -0.2) is 0 Å². The van der Waals surface area contributed by atoms with Gasteiger partial charge in [-0.3, -0.25) is 0 Å². The molecule has 0 aliphatic heterocycles. The Labute approximate surface area is 70.9 Å². The second-order valence-electron chi connectivity index (χ2n) is 2.17. The Morgan fingerprint density at radius 3 is 2.36 bits per heavy atom. The minimum Gasteiger partial charge on any atom is -0.394 e. The van der Waals surface area contributed by atoms with Crippen molar-refractivity contribution >= 4 is 17.6 Å². The van der Waals surface area contributed by atoms with E-state index in [-0.39, 0.29) is 25.8 Å². The van der Waals surface area contributed by atoms with E-state index in [1.807, 2.05) is 0 Å². The molecule has 0 spiro atoms. The van der Waals surface area contributed by atoms with Crippen LogP contribution in [0.4, 0.5) is 0 Å². The van der Waals surface area contributed by atoms with Crippen molar-refractivity contribution in [3.63, 3.8) is 0 Å². The zero-order chi connectivity index (χ0) is 8.69. The first-order valence-corrected chi connectivity index (χ1v) is 3.80. The van der Waals surface area contributed by atoms with Crippen LogP contribution in [0.15, 0.2) is 0 Å². The van der Waals surface area contributed by atoms with Crippen LogP contribution in [0.5, 0.6) is 0 Å². The molecule has 66 valence electrons. The highest BCUT2D eigenvalue weighted by Crippen LogP contribution is 1.81. The third-order valence-electron chi connectivity index (χ3n) is 1.19. The lowest BCUT2D eigenvalue weighted by Crippen LogP contribution is -2.39. The summed E-state index contributed by atoms with van der Waals surface area (Å²) in [6.45, 7) is -0.154. The van der Waals surface area contributed by atoms with Gasteiger partial charge >= 0.3 is 0 Å². The minimum atomic E-state index is -0.793. The van der Waals surface area contributed by atoms with Crippen molar-refractivity contribution in [1.82, 2.24) is 5.32 Å². The molecule has 5 heteroatoms. The summed E-state index contributed by atoms with van der Waals surface area (Å²) in [6, 6.07) is -0.286. The van der Waals surface area contributed by atoms with Gasteiger partial charge < -0.3 is 20.6 Å². The first kappa shape index (κ1) is 10.9. The third kappa shape index (κ3) is 5.23. The summed E-state index contributed by atoms with van der Waals surface area (Å²) in [5.41, 5.74) is 0. The summed E-state index contributed by atoms with van der Waals surface area (Å²) >= 11 is 4.57. The molecule has 0 aliphatic carbocycles. The SMILES string of the molecule is OCC(O)CN[C@@H](C=S)CO. The standard InChI is InChI=1S/C6H13NO3S/c8-2-5(4-11)7-1-6(10)3-9/h4-10H,1-3H2/t5-,6?/m1/s1. The lowest BCUT2D eigenvalue weighted by molar-refractivity contribution is 0.0918. The van der Waals surface area contributed by atoms with E-state index in [4.69, 9.17) is 15.3 Å². The zero-order valence-corrected chi connectivity index (χ0v) is 6.92. The maximum absolute atomic E-state index is 8.86. The predicted molar refractivity (Wildman–Crippen MR) is 45.6 cm³/mol. The molecule has 0 amide bonds. The van der Waals surface area contributed by atoms with Crippen LogP contribution in [-0.2, 0) is 0 Å². The molecule has 4 N–H and O–H groups in total. The number of aliphatic hydroxyl groups is 3. The molecule has 11 heavy (non-hydrogen) atoms. The average molecular weight is 179 g/mol. The first-order valence-electron chi connectivity index (χ1n) is 3.33. The van der Waals surface area contributed by atoms with Gasteiger partial charge in [0.2, 0.25) is 0 Å². The van der Waals surface area contributed by atoms with Gasteiger partial charge in [0.05, 0.1) is 25.4 Å². The molecule has 2 atom stereocenters. The van der Waals surface area contributed by atoms with Crippen molar-refractivity contribution in [1.29, 1.82) is 0 Å². The van der Waals surface area contributed by atoms with Gasteiger partial charge in [0, 0.05) is 6.54 Å². The molecule has 4 nitrogen and oxygen atoms in total. The Hall–Kier alpha value is -0.0700. The van der Waals surface area contributed by atoms with E-state index in [0.29, 0.717) is 0 Å². The molecule has 0 aromatic rings. The lowest BCUT2D eigenvalue weighted by atomic mass is 10.3. The molecule has 0 saturated heterocycles. The van der Waals surface area contributed by atoms with Crippen molar-refractivity contribution in [2.75, 3.05) is 19.8 Å². The van der Waals surface area contributed by atoms with Gasteiger partial charge in [-0.15, -0.1) is 0 Å². The van der Waals surface area contributed by atoms with Crippen LogP contribution in [0, 0.1) is 0 Å². The van der Waals surface area contributed by atoms with Crippen LogP contribution in [0.25, 0.3) is 0 Å². The van der Waals surface area contributed by atoms with Crippen molar-refractivity contribution in [3.8, 4) is 0 Å². The fourth-order valence-electron chi connectivity index (χ4n) is 0.508. The number of hydrogen-bond acceptors (Lipinski definition) is 5. The summed E-state index contributed by atoms with van der Waals surface area (Å²) in [4.78, 5) is 0. The molecule has 0 aromatic carbocycles. The first-order chi connectivity index (χ1) is 5.24. The fraction of sp³-hybridized carbons (Fsp3) is 0.833. The maximum Gasteiger partial charge on any atom is 0.0895 e. The number of thiocarbonyl (C=S) groups is 1. The predicted octanol–water partition coefficient (Wildman–Crippen LogP) is -1.71. The van der Waals surface area contributed by atoms with Crippen molar-refractivity contribution in [2.24, 2.45) is 0 Å². The number of hydrogen-bond donors (Lipinski definition) is 4. The topological polar surface area (TPSA) is 72.7 Å². The van der Waals surface area contributed by atoms with Crippen LogP contribution in [0.1, 0.15) is 0 Å². The number of nitrogens with one attached hydrogen (secondary N) is 1.